The highest BCUT2D eigenvalue weighted by molar-refractivity contribution is 7.99. The SMILES string of the molecule is CC(C(=O)NCc1ccccc1)N1c2ccccc2Sc2ccc(Cl)cc21. The number of fused-ring (bicyclic) bond motifs is 2. The van der Waals surface area contributed by atoms with E-state index in [1.54, 1.807) is 11.8 Å². The molecule has 1 unspecified atom stereocenters. The number of carbonyl (C=O) groups excluding carboxylic acids is 1. The lowest BCUT2D eigenvalue weighted by atomic mass is 10.1. The highest BCUT2D eigenvalue weighted by Crippen LogP contribution is 2.49. The number of amides is 1. The van der Waals surface area contributed by atoms with Gasteiger partial charge in [-0.15, -0.1) is 0 Å². The van der Waals surface area contributed by atoms with Crippen molar-refractivity contribution >= 4 is 40.6 Å². The Labute approximate surface area is 168 Å². The van der Waals surface area contributed by atoms with Crippen molar-refractivity contribution in [3.05, 3.63) is 83.4 Å². The first kappa shape index (κ1) is 18.0. The summed E-state index contributed by atoms with van der Waals surface area (Å²) in [7, 11) is 0. The second kappa shape index (κ2) is 7.67. The molecule has 136 valence electrons. The van der Waals surface area contributed by atoms with E-state index in [0.717, 1.165) is 26.7 Å². The maximum Gasteiger partial charge on any atom is 0.243 e. The van der Waals surface area contributed by atoms with Gasteiger partial charge in [0.05, 0.1) is 11.4 Å². The first-order valence-electron chi connectivity index (χ1n) is 8.81. The van der Waals surface area contributed by atoms with Gasteiger partial charge in [-0.05, 0) is 42.8 Å². The summed E-state index contributed by atoms with van der Waals surface area (Å²) >= 11 is 7.96. The first-order valence-corrected chi connectivity index (χ1v) is 10.0. The van der Waals surface area contributed by atoms with Crippen LogP contribution < -0.4 is 10.2 Å². The van der Waals surface area contributed by atoms with Crippen LogP contribution in [0.25, 0.3) is 0 Å². The number of hydrogen-bond acceptors (Lipinski definition) is 3. The Morgan fingerprint density at radius 1 is 1.00 bits per heavy atom. The summed E-state index contributed by atoms with van der Waals surface area (Å²) in [5, 5.41) is 3.71. The smallest absolute Gasteiger partial charge is 0.243 e. The third-order valence-electron chi connectivity index (χ3n) is 4.60. The molecule has 0 bridgehead atoms. The molecule has 3 aromatic rings. The minimum atomic E-state index is -0.368. The highest BCUT2D eigenvalue weighted by atomic mass is 35.5. The van der Waals surface area contributed by atoms with Crippen LogP contribution in [0.15, 0.2) is 82.6 Å². The van der Waals surface area contributed by atoms with E-state index in [1.807, 2.05) is 73.7 Å². The summed E-state index contributed by atoms with van der Waals surface area (Å²) in [6.07, 6.45) is 0. The van der Waals surface area contributed by atoms with Crippen molar-refractivity contribution in [3.8, 4) is 0 Å². The van der Waals surface area contributed by atoms with E-state index in [-0.39, 0.29) is 11.9 Å². The fourth-order valence-electron chi connectivity index (χ4n) is 3.22. The summed E-state index contributed by atoms with van der Waals surface area (Å²) in [4.78, 5) is 17.2. The van der Waals surface area contributed by atoms with Crippen molar-refractivity contribution in [1.82, 2.24) is 5.32 Å². The van der Waals surface area contributed by atoms with Gasteiger partial charge in [0, 0.05) is 21.4 Å². The van der Waals surface area contributed by atoms with Crippen LogP contribution in [0.3, 0.4) is 0 Å². The van der Waals surface area contributed by atoms with Gasteiger partial charge in [-0.1, -0.05) is 65.8 Å². The standard InChI is InChI=1S/C22H19ClN2OS/c1-15(22(26)24-14-16-7-3-2-4-8-16)25-18-9-5-6-10-20(18)27-21-12-11-17(23)13-19(21)25/h2-13,15H,14H2,1H3,(H,24,26). The lowest BCUT2D eigenvalue weighted by Gasteiger charge is -2.36. The fraction of sp³-hybridized carbons (Fsp3) is 0.136. The van der Waals surface area contributed by atoms with Crippen LogP contribution in [0.4, 0.5) is 11.4 Å². The van der Waals surface area contributed by atoms with E-state index >= 15 is 0 Å². The largest absolute Gasteiger partial charge is 0.350 e. The molecular formula is C22H19ClN2OS. The Morgan fingerprint density at radius 3 is 2.52 bits per heavy atom. The molecular weight excluding hydrogens is 376 g/mol. The van der Waals surface area contributed by atoms with Crippen LogP contribution in [0.2, 0.25) is 5.02 Å². The van der Waals surface area contributed by atoms with Crippen LogP contribution in [0, 0.1) is 0 Å². The number of halogens is 1. The van der Waals surface area contributed by atoms with Crippen LogP contribution >= 0.6 is 23.4 Å². The molecule has 5 heteroatoms. The minimum absolute atomic E-state index is 0.0218. The second-order valence-corrected chi connectivity index (χ2v) is 7.95. The number of anilines is 2. The number of carbonyl (C=O) groups is 1. The number of nitrogens with zero attached hydrogens (tertiary/aromatic N) is 1. The number of benzene rings is 3. The molecule has 3 aromatic carbocycles. The van der Waals surface area contributed by atoms with E-state index in [1.165, 1.54) is 0 Å². The van der Waals surface area contributed by atoms with E-state index in [2.05, 4.69) is 16.3 Å². The molecule has 27 heavy (non-hydrogen) atoms. The monoisotopic (exact) mass is 394 g/mol. The summed E-state index contributed by atoms with van der Waals surface area (Å²) in [5.74, 6) is -0.0218. The van der Waals surface area contributed by atoms with E-state index < -0.39 is 0 Å². The van der Waals surface area contributed by atoms with Crippen molar-refractivity contribution in [2.45, 2.75) is 29.3 Å². The van der Waals surface area contributed by atoms with E-state index in [4.69, 9.17) is 11.6 Å². The van der Waals surface area contributed by atoms with Crippen LogP contribution in [-0.4, -0.2) is 11.9 Å². The number of nitrogens with one attached hydrogen (secondary N) is 1. The van der Waals surface area contributed by atoms with Gasteiger partial charge in [0.25, 0.3) is 0 Å². The quantitative estimate of drug-likeness (QED) is 0.620. The Hall–Kier alpha value is -2.43. The normalized spacial score (nSPS) is 13.5. The molecule has 1 heterocycles. The molecule has 0 saturated carbocycles. The predicted molar refractivity (Wildman–Crippen MR) is 112 cm³/mol. The van der Waals surface area contributed by atoms with Gasteiger partial charge >= 0.3 is 0 Å². The topological polar surface area (TPSA) is 32.3 Å². The molecule has 0 radical (unpaired) electrons. The molecule has 1 amide bonds. The maximum atomic E-state index is 12.9. The van der Waals surface area contributed by atoms with Crippen molar-refractivity contribution in [2.24, 2.45) is 0 Å². The lowest BCUT2D eigenvalue weighted by Crippen LogP contribution is -2.43. The molecule has 4 rings (SSSR count). The molecule has 0 spiro atoms. The summed E-state index contributed by atoms with van der Waals surface area (Å²) in [5.41, 5.74) is 3.07. The van der Waals surface area contributed by atoms with Crippen molar-refractivity contribution in [3.63, 3.8) is 0 Å². The maximum absolute atomic E-state index is 12.9. The summed E-state index contributed by atoms with van der Waals surface area (Å²) in [6.45, 7) is 2.44. The third kappa shape index (κ3) is 3.68. The van der Waals surface area contributed by atoms with Crippen LogP contribution in [-0.2, 0) is 11.3 Å². The zero-order valence-corrected chi connectivity index (χ0v) is 16.4. The predicted octanol–water partition coefficient (Wildman–Crippen LogP) is 5.65. The molecule has 1 atom stereocenters. The van der Waals surface area contributed by atoms with Gasteiger partial charge in [-0.2, -0.15) is 0 Å². The average Bonchev–Trinajstić information content (AvgIpc) is 2.70. The average molecular weight is 395 g/mol. The molecule has 0 aromatic heterocycles. The summed E-state index contributed by atoms with van der Waals surface area (Å²) in [6, 6.07) is 23.5. The molecule has 1 N–H and O–H groups in total. The zero-order chi connectivity index (χ0) is 18.8. The van der Waals surface area contributed by atoms with Gasteiger partial charge in [0.2, 0.25) is 5.91 Å². The van der Waals surface area contributed by atoms with Gasteiger partial charge < -0.3 is 10.2 Å². The van der Waals surface area contributed by atoms with E-state index in [9.17, 15) is 4.79 Å². The fourth-order valence-corrected chi connectivity index (χ4v) is 4.44. The van der Waals surface area contributed by atoms with Gasteiger partial charge in [0.15, 0.2) is 0 Å². The minimum Gasteiger partial charge on any atom is -0.350 e. The first-order chi connectivity index (χ1) is 13.1. The molecule has 1 aliphatic rings. The van der Waals surface area contributed by atoms with E-state index in [0.29, 0.717) is 11.6 Å². The molecule has 1 aliphatic heterocycles. The van der Waals surface area contributed by atoms with Crippen molar-refractivity contribution < 1.29 is 4.79 Å². The Bertz CT molecular complexity index is 977. The van der Waals surface area contributed by atoms with Crippen molar-refractivity contribution in [1.29, 1.82) is 0 Å². The molecule has 3 nitrogen and oxygen atoms in total. The lowest BCUT2D eigenvalue weighted by molar-refractivity contribution is -0.122. The Balaban J connectivity index is 1.63. The Morgan fingerprint density at radius 2 is 1.70 bits per heavy atom. The number of para-hydroxylation sites is 1. The molecule has 0 fully saturated rings. The van der Waals surface area contributed by atoms with Gasteiger partial charge in [-0.25, -0.2) is 0 Å². The van der Waals surface area contributed by atoms with Crippen LogP contribution in [0.1, 0.15) is 12.5 Å². The van der Waals surface area contributed by atoms with Crippen LogP contribution in [0.5, 0.6) is 0 Å². The Kier molecular flexibility index (Phi) is 5.10. The highest BCUT2D eigenvalue weighted by Gasteiger charge is 2.30. The van der Waals surface area contributed by atoms with Gasteiger partial charge in [-0.3, -0.25) is 4.79 Å². The molecule has 0 saturated heterocycles. The summed E-state index contributed by atoms with van der Waals surface area (Å²) < 4.78 is 0. The second-order valence-electron chi connectivity index (χ2n) is 6.43. The zero-order valence-electron chi connectivity index (χ0n) is 14.9. The number of hydrogen-bond donors (Lipinski definition) is 1. The van der Waals surface area contributed by atoms with Crippen molar-refractivity contribution in [2.75, 3.05) is 4.90 Å². The number of rotatable bonds is 4. The third-order valence-corrected chi connectivity index (χ3v) is 5.97. The molecule has 0 aliphatic carbocycles. The van der Waals surface area contributed by atoms with Gasteiger partial charge in [0.1, 0.15) is 6.04 Å².